The number of thiazole rings is 1. The average molecular weight is 800 g/mol. The summed E-state index contributed by atoms with van der Waals surface area (Å²) in [5.41, 5.74) is 15.8. The van der Waals surface area contributed by atoms with Gasteiger partial charge in [-0.15, -0.1) is 11.3 Å². The Hall–Kier alpha value is -7.54. The van der Waals surface area contributed by atoms with E-state index in [1.165, 1.54) is 48.9 Å². The predicted octanol–water partition coefficient (Wildman–Crippen LogP) is 14.2. The van der Waals surface area contributed by atoms with Gasteiger partial charge in [0.25, 0.3) is 0 Å². The van der Waals surface area contributed by atoms with Gasteiger partial charge < -0.3 is 4.57 Å². The highest BCUT2D eigenvalue weighted by molar-refractivity contribution is 7.21. The SMILES string of the molecule is CC1(C)c2cc(-c3ccc4c(c3)c3ccccc3n4-c3cccc(-c4nc(-c5ccccc5)nc(-c5ccccc5)n4)c3)ccc2-c2ccc3sc(-c4ccccc4)nc3c21. The third-order valence-corrected chi connectivity index (χ3v) is 13.3. The summed E-state index contributed by atoms with van der Waals surface area (Å²) in [6, 6.07) is 66.5. The predicted molar refractivity (Wildman–Crippen MR) is 252 cm³/mol. The number of benzene rings is 8. The van der Waals surface area contributed by atoms with E-state index in [0.29, 0.717) is 17.5 Å². The summed E-state index contributed by atoms with van der Waals surface area (Å²) in [5.74, 6) is 1.92. The zero-order valence-corrected chi connectivity index (χ0v) is 34.4. The maximum atomic E-state index is 5.27. The zero-order chi connectivity index (χ0) is 40.7. The molecule has 11 aromatic rings. The van der Waals surface area contributed by atoms with Crippen LogP contribution < -0.4 is 0 Å². The molecule has 8 aromatic carbocycles. The molecule has 0 aliphatic heterocycles. The van der Waals surface area contributed by atoms with Crippen LogP contribution in [0.4, 0.5) is 0 Å². The number of nitrogens with zero attached hydrogens (tertiary/aromatic N) is 5. The van der Waals surface area contributed by atoms with Crippen molar-refractivity contribution in [1.82, 2.24) is 24.5 Å². The van der Waals surface area contributed by atoms with Gasteiger partial charge >= 0.3 is 0 Å². The van der Waals surface area contributed by atoms with Crippen molar-refractivity contribution in [3.63, 3.8) is 0 Å². The van der Waals surface area contributed by atoms with Crippen molar-refractivity contribution >= 4 is 43.4 Å². The molecule has 0 unspecified atom stereocenters. The largest absolute Gasteiger partial charge is 0.309 e. The third-order valence-electron chi connectivity index (χ3n) is 12.3. The van der Waals surface area contributed by atoms with E-state index in [1.807, 2.05) is 60.7 Å². The molecule has 0 radical (unpaired) electrons. The maximum absolute atomic E-state index is 5.27. The summed E-state index contributed by atoms with van der Waals surface area (Å²) in [6.45, 7) is 4.71. The Balaban J connectivity index is 0.950. The van der Waals surface area contributed by atoms with Gasteiger partial charge in [0.05, 0.1) is 21.3 Å². The lowest BCUT2D eigenvalue weighted by Crippen LogP contribution is -2.15. The first kappa shape index (κ1) is 35.4. The molecule has 0 saturated carbocycles. The fourth-order valence-electron chi connectivity index (χ4n) is 9.32. The van der Waals surface area contributed by atoms with Crippen LogP contribution in [0.25, 0.3) is 105 Å². The summed E-state index contributed by atoms with van der Waals surface area (Å²) >= 11 is 1.78. The van der Waals surface area contributed by atoms with Crippen LogP contribution in [-0.2, 0) is 5.41 Å². The second kappa shape index (κ2) is 13.8. The van der Waals surface area contributed by atoms with E-state index in [2.05, 4.69) is 146 Å². The fraction of sp³-hybridized carbons (Fsp3) is 0.0545. The monoisotopic (exact) mass is 799 g/mol. The minimum absolute atomic E-state index is 0.213. The summed E-state index contributed by atoms with van der Waals surface area (Å²) < 4.78 is 3.59. The number of hydrogen-bond acceptors (Lipinski definition) is 5. The molecule has 0 saturated heterocycles. The van der Waals surface area contributed by atoms with Crippen LogP contribution in [-0.4, -0.2) is 24.5 Å². The van der Waals surface area contributed by atoms with Crippen molar-refractivity contribution in [1.29, 1.82) is 0 Å². The smallest absolute Gasteiger partial charge is 0.164 e. The van der Waals surface area contributed by atoms with Crippen LogP contribution in [0, 0.1) is 0 Å². The number of aromatic nitrogens is 5. The molecule has 5 nitrogen and oxygen atoms in total. The number of rotatable bonds is 6. The molecule has 1 aliphatic carbocycles. The van der Waals surface area contributed by atoms with E-state index < -0.39 is 0 Å². The Bertz CT molecular complexity index is 3440. The first-order chi connectivity index (χ1) is 30.0. The maximum Gasteiger partial charge on any atom is 0.164 e. The minimum atomic E-state index is -0.213. The van der Waals surface area contributed by atoms with E-state index in [1.54, 1.807) is 11.3 Å². The van der Waals surface area contributed by atoms with Crippen LogP contribution in [0.15, 0.2) is 188 Å². The summed E-state index contributed by atoms with van der Waals surface area (Å²) in [6.07, 6.45) is 0. The Morgan fingerprint density at radius 1 is 0.426 bits per heavy atom. The Morgan fingerprint density at radius 2 is 1.00 bits per heavy atom. The molecule has 0 amide bonds. The van der Waals surface area contributed by atoms with Crippen molar-refractivity contribution in [3.05, 3.63) is 199 Å². The Kier molecular flexibility index (Phi) is 7.99. The minimum Gasteiger partial charge on any atom is -0.309 e. The molecule has 0 bridgehead atoms. The summed E-state index contributed by atoms with van der Waals surface area (Å²) in [4.78, 5) is 20.3. The summed E-state index contributed by atoms with van der Waals surface area (Å²) in [7, 11) is 0. The third kappa shape index (κ3) is 5.75. The van der Waals surface area contributed by atoms with Gasteiger partial charge in [-0.2, -0.15) is 0 Å². The van der Waals surface area contributed by atoms with Crippen molar-refractivity contribution in [3.8, 4) is 72.7 Å². The molecule has 61 heavy (non-hydrogen) atoms. The van der Waals surface area contributed by atoms with Crippen LogP contribution in [0.3, 0.4) is 0 Å². The van der Waals surface area contributed by atoms with Crippen molar-refractivity contribution in [2.75, 3.05) is 0 Å². The van der Waals surface area contributed by atoms with Gasteiger partial charge in [0.1, 0.15) is 5.01 Å². The lowest BCUT2D eigenvalue weighted by molar-refractivity contribution is 0.665. The molecule has 6 heteroatoms. The van der Waals surface area contributed by atoms with Crippen molar-refractivity contribution < 1.29 is 0 Å². The standard InChI is InChI=1S/C55H37N5S/c1-55(2)45-33-38(25-27-41(45)43-28-30-48-50(49(43)55)56-54(61-48)36-19-10-5-11-20-36)37-26-29-47-44(32-37)42-23-12-13-24-46(42)60(47)40-22-14-21-39(31-40)53-58-51(34-15-6-3-7-16-34)57-52(59-53)35-17-8-4-9-18-35/h3-33H,1-2H3. The number of para-hydroxylation sites is 1. The van der Waals surface area contributed by atoms with E-state index in [4.69, 9.17) is 19.9 Å². The van der Waals surface area contributed by atoms with E-state index >= 15 is 0 Å². The van der Waals surface area contributed by atoms with Gasteiger partial charge in [-0.05, 0) is 75.8 Å². The highest BCUT2D eigenvalue weighted by Crippen LogP contribution is 2.53. The lowest BCUT2D eigenvalue weighted by atomic mass is 9.81. The van der Waals surface area contributed by atoms with Gasteiger partial charge in [0, 0.05) is 44.1 Å². The molecule has 3 heterocycles. The molecule has 288 valence electrons. The first-order valence-corrected chi connectivity index (χ1v) is 21.5. The van der Waals surface area contributed by atoms with Crippen LogP contribution in [0.5, 0.6) is 0 Å². The lowest BCUT2D eigenvalue weighted by Gasteiger charge is -2.22. The number of hydrogen-bond donors (Lipinski definition) is 0. The number of fused-ring (bicyclic) bond motifs is 8. The molecule has 3 aromatic heterocycles. The molecule has 1 aliphatic rings. The molecule has 0 spiro atoms. The normalized spacial score (nSPS) is 12.9. The van der Waals surface area contributed by atoms with Crippen molar-refractivity contribution in [2.45, 2.75) is 19.3 Å². The topological polar surface area (TPSA) is 56.5 Å². The Morgan fingerprint density at radius 3 is 1.72 bits per heavy atom. The van der Waals surface area contributed by atoms with E-state index in [9.17, 15) is 0 Å². The fourth-order valence-corrected chi connectivity index (χ4v) is 10.3. The van der Waals surface area contributed by atoms with Crippen molar-refractivity contribution in [2.24, 2.45) is 0 Å². The van der Waals surface area contributed by atoms with Gasteiger partial charge in [0.15, 0.2) is 17.5 Å². The van der Waals surface area contributed by atoms with Crippen LogP contribution in [0.2, 0.25) is 0 Å². The highest BCUT2D eigenvalue weighted by atomic mass is 32.1. The zero-order valence-electron chi connectivity index (χ0n) is 33.5. The Labute approximate surface area is 357 Å². The van der Waals surface area contributed by atoms with Gasteiger partial charge in [0.2, 0.25) is 0 Å². The van der Waals surface area contributed by atoms with Gasteiger partial charge in [-0.1, -0.05) is 159 Å². The average Bonchev–Trinajstić information content (AvgIpc) is 3.98. The van der Waals surface area contributed by atoms with Crippen LogP contribution >= 0.6 is 11.3 Å². The van der Waals surface area contributed by atoms with Gasteiger partial charge in [-0.3, -0.25) is 0 Å². The molecule has 12 rings (SSSR count). The second-order valence-electron chi connectivity index (χ2n) is 16.3. The highest BCUT2D eigenvalue weighted by Gasteiger charge is 2.38. The quantitative estimate of drug-likeness (QED) is 0.168. The van der Waals surface area contributed by atoms with Crippen LogP contribution in [0.1, 0.15) is 25.0 Å². The van der Waals surface area contributed by atoms with E-state index in [0.717, 1.165) is 49.5 Å². The second-order valence-corrected chi connectivity index (χ2v) is 17.3. The molecule has 0 atom stereocenters. The summed E-state index contributed by atoms with van der Waals surface area (Å²) in [5, 5.41) is 3.48. The van der Waals surface area contributed by atoms with E-state index in [-0.39, 0.29) is 5.41 Å². The first-order valence-electron chi connectivity index (χ1n) is 20.6. The van der Waals surface area contributed by atoms with Gasteiger partial charge in [-0.25, -0.2) is 19.9 Å². The molecular weight excluding hydrogens is 763 g/mol. The molecule has 0 N–H and O–H groups in total. The molecule has 0 fully saturated rings. The molecular formula is C55H37N5S.